The highest BCUT2D eigenvalue weighted by molar-refractivity contribution is 5.67. The van der Waals surface area contributed by atoms with Gasteiger partial charge in [0.15, 0.2) is 0 Å². The zero-order valence-corrected chi connectivity index (χ0v) is 8.18. The van der Waals surface area contributed by atoms with Gasteiger partial charge >= 0.3 is 5.97 Å². The molecule has 0 radical (unpaired) electrons. The predicted octanol–water partition coefficient (Wildman–Crippen LogP) is 0.768. The van der Waals surface area contributed by atoms with Crippen LogP contribution in [0.25, 0.3) is 0 Å². The van der Waals surface area contributed by atoms with Gasteiger partial charge in [0.2, 0.25) is 0 Å². The number of carbonyl (C=O) groups is 1. The molecular formula is C9H15N3O2. The normalized spacial score (nSPS) is 12.7. The van der Waals surface area contributed by atoms with Crippen molar-refractivity contribution in [2.75, 3.05) is 0 Å². The van der Waals surface area contributed by atoms with Crippen molar-refractivity contribution in [3.8, 4) is 0 Å². The lowest BCUT2D eigenvalue weighted by Gasteiger charge is -2.04. The first-order valence-corrected chi connectivity index (χ1v) is 4.63. The van der Waals surface area contributed by atoms with E-state index in [0.717, 1.165) is 18.5 Å². The second kappa shape index (κ2) is 4.76. The van der Waals surface area contributed by atoms with E-state index < -0.39 is 12.0 Å². The first-order chi connectivity index (χ1) is 6.63. The van der Waals surface area contributed by atoms with E-state index in [-0.39, 0.29) is 6.42 Å². The highest BCUT2D eigenvalue weighted by Gasteiger charge is 2.12. The maximum Gasteiger partial charge on any atom is 0.305 e. The smallest absolute Gasteiger partial charge is 0.305 e. The molecule has 0 aliphatic rings. The number of hydrogen-bond acceptors (Lipinski definition) is 3. The minimum atomic E-state index is -0.888. The fourth-order valence-electron chi connectivity index (χ4n) is 1.23. The molecule has 0 bridgehead atoms. The van der Waals surface area contributed by atoms with Crippen LogP contribution >= 0.6 is 0 Å². The highest BCUT2D eigenvalue weighted by Crippen LogP contribution is 2.12. The molecule has 14 heavy (non-hydrogen) atoms. The van der Waals surface area contributed by atoms with Crippen molar-refractivity contribution in [3.63, 3.8) is 0 Å². The van der Waals surface area contributed by atoms with Crippen LogP contribution < -0.4 is 5.73 Å². The van der Waals surface area contributed by atoms with Crippen molar-refractivity contribution in [2.24, 2.45) is 5.73 Å². The molecule has 1 aromatic rings. The van der Waals surface area contributed by atoms with Gasteiger partial charge in [-0.05, 0) is 6.42 Å². The largest absolute Gasteiger partial charge is 0.481 e. The molecule has 0 aliphatic heterocycles. The predicted molar refractivity (Wildman–Crippen MR) is 51.7 cm³/mol. The molecule has 0 unspecified atom stereocenters. The fourth-order valence-corrected chi connectivity index (χ4v) is 1.23. The van der Waals surface area contributed by atoms with Gasteiger partial charge < -0.3 is 10.8 Å². The summed E-state index contributed by atoms with van der Waals surface area (Å²) in [5.74, 6) is -0.888. The number of carboxylic acids is 1. The first kappa shape index (κ1) is 10.7. The topological polar surface area (TPSA) is 81.1 Å². The van der Waals surface area contributed by atoms with Gasteiger partial charge in [-0.1, -0.05) is 6.92 Å². The van der Waals surface area contributed by atoms with E-state index in [2.05, 4.69) is 12.0 Å². The Morgan fingerprint density at radius 1 is 1.79 bits per heavy atom. The molecule has 78 valence electrons. The van der Waals surface area contributed by atoms with Crippen LogP contribution in [0, 0.1) is 0 Å². The third-order valence-corrected chi connectivity index (χ3v) is 1.93. The summed E-state index contributed by atoms with van der Waals surface area (Å²) in [6, 6.07) is -0.460. The number of nitrogens with zero attached hydrogens (tertiary/aromatic N) is 2. The zero-order valence-electron chi connectivity index (χ0n) is 8.18. The Labute approximate surface area is 82.5 Å². The summed E-state index contributed by atoms with van der Waals surface area (Å²) in [7, 11) is 0. The van der Waals surface area contributed by atoms with Gasteiger partial charge in [0.25, 0.3) is 0 Å². The van der Waals surface area contributed by atoms with Gasteiger partial charge in [-0.25, -0.2) is 0 Å². The van der Waals surface area contributed by atoms with Crippen LogP contribution in [0.15, 0.2) is 12.4 Å². The third kappa shape index (κ3) is 2.85. The Balaban J connectivity index is 2.61. The Hall–Kier alpha value is -1.36. The van der Waals surface area contributed by atoms with E-state index in [4.69, 9.17) is 10.8 Å². The average Bonchev–Trinajstić information content (AvgIpc) is 2.52. The molecule has 0 aromatic carbocycles. The molecule has 0 saturated carbocycles. The lowest BCUT2D eigenvalue weighted by molar-refractivity contribution is -0.137. The van der Waals surface area contributed by atoms with E-state index in [9.17, 15) is 4.79 Å². The van der Waals surface area contributed by atoms with Gasteiger partial charge in [-0.2, -0.15) is 5.10 Å². The standard InChI is InChI=1S/C9H15N3O2/c1-2-3-12-6-7(5-11-12)8(10)4-9(13)14/h5-6,8H,2-4,10H2,1H3,(H,13,14)/t8-/m0/s1. The van der Waals surface area contributed by atoms with Crippen molar-refractivity contribution in [2.45, 2.75) is 32.4 Å². The summed E-state index contributed by atoms with van der Waals surface area (Å²) in [6.45, 7) is 2.89. The molecule has 1 aromatic heterocycles. The molecule has 1 atom stereocenters. The third-order valence-electron chi connectivity index (χ3n) is 1.93. The van der Waals surface area contributed by atoms with Crippen LogP contribution in [0.2, 0.25) is 0 Å². The molecule has 1 rings (SSSR count). The number of hydrogen-bond donors (Lipinski definition) is 2. The van der Waals surface area contributed by atoms with Gasteiger partial charge in [0.05, 0.1) is 12.6 Å². The molecule has 0 fully saturated rings. The molecule has 3 N–H and O–H groups in total. The summed E-state index contributed by atoms with van der Waals surface area (Å²) < 4.78 is 1.77. The van der Waals surface area contributed by atoms with Crippen LogP contribution in [-0.2, 0) is 11.3 Å². The minimum absolute atomic E-state index is 0.0577. The maximum atomic E-state index is 10.4. The molecular weight excluding hydrogens is 182 g/mol. The first-order valence-electron chi connectivity index (χ1n) is 4.63. The summed E-state index contributed by atoms with van der Waals surface area (Å²) in [4.78, 5) is 10.4. The quantitative estimate of drug-likeness (QED) is 0.730. The van der Waals surface area contributed by atoms with Crippen molar-refractivity contribution >= 4 is 5.97 Å². The van der Waals surface area contributed by atoms with Crippen molar-refractivity contribution < 1.29 is 9.90 Å². The van der Waals surface area contributed by atoms with Crippen molar-refractivity contribution in [1.82, 2.24) is 9.78 Å². The highest BCUT2D eigenvalue weighted by atomic mass is 16.4. The second-order valence-electron chi connectivity index (χ2n) is 3.24. The van der Waals surface area contributed by atoms with Gasteiger partial charge in [-0.3, -0.25) is 9.48 Å². The molecule has 1 heterocycles. The number of aryl methyl sites for hydroxylation is 1. The number of rotatable bonds is 5. The molecule has 0 saturated heterocycles. The zero-order chi connectivity index (χ0) is 10.6. The number of aliphatic carboxylic acids is 1. The second-order valence-corrected chi connectivity index (χ2v) is 3.24. The van der Waals surface area contributed by atoms with Crippen LogP contribution in [0.1, 0.15) is 31.4 Å². The molecule has 0 spiro atoms. The van der Waals surface area contributed by atoms with Crippen molar-refractivity contribution in [1.29, 1.82) is 0 Å². The van der Waals surface area contributed by atoms with Gasteiger partial charge in [-0.15, -0.1) is 0 Å². The number of aromatic nitrogens is 2. The summed E-state index contributed by atoms with van der Waals surface area (Å²) in [5.41, 5.74) is 6.45. The molecule has 5 heteroatoms. The van der Waals surface area contributed by atoms with Crippen LogP contribution in [0.4, 0.5) is 0 Å². The van der Waals surface area contributed by atoms with Crippen LogP contribution in [0.5, 0.6) is 0 Å². The molecule has 5 nitrogen and oxygen atoms in total. The monoisotopic (exact) mass is 197 g/mol. The Morgan fingerprint density at radius 2 is 2.50 bits per heavy atom. The molecule has 0 aliphatic carbocycles. The maximum absolute atomic E-state index is 10.4. The van der Waals surface area contributed by atoms with E-state index >= 15 is 0 Å². The minimum Gasteiger partial charge on any atom is -0.481 e. The van der Waals surface area contributed by atoms with E-state index in [1.807, 2.05) is 0 Å². The lowest BCUT2D eigenvalue weighted by atomic mass is 10.1. The SMILES string of the molecule is CCCn1cc([C@@H](N)CC(=O)O)cn1. The van der Waals surface area contributed by atoms with Crippen LogP contribution in [-0.4, -0.2) is 20.9 Å². The summed E-state index contributed by atoms with van der Waals surface area (Å²) in [5, 5.41) is 12.6. The molecule has 0 amide bonds. The summed E-state index contributed by atoms with van der Waals surface area (Å²) in [6.07, 6.45) is 4.37. The van der Waals surface area contributed by atoms with E-state index in [1.165, 1.54) is 0 Å². The Morgan fingerprint density at radius 3 is 3.07 bits per heavy atom. The lowest BCUT2D eigenvalue weighted by Crippen LogP contribution is -2.14. The average molecular weight is 197 g/mol. The number of carboxylic acid groups (broad SMARTS) is 1. The van der Waals surface area contributed by atoms with Gasteiger partial charge in [0, 0.05) is 24.3 Å². The van der Waals surface area contributed by atoms with E-state index in [1.54, 1.807) is 17.1 Å². The van der Waals surface area contributed by atoms with Crippen LogP contribution in [0.3, 0.4) is 0 Å². The summed E-state index contributed by atoms with van der Waals surface area (Å²) >= 11 is 0. The Bertz CT molecular complexity index is 309. The Kier molecular flexibility index (Phi) is 3.64. The fraction of sp³-hybridized carbons (Fsp3) is 0.556. The number of nitrogens with two attached hydrogens (primary N) is 1. The van der Waals surface area contributed by atoms with Gasteiger partial charge in [0.1, 0.15) is 0 Å². The van der Waals surface area contributed by atoms with E-state index in [0.29, 0.717) is 0 Å². The van der Waals surface area contributed by atoms with Crippen molar-refractivity contribution in [3.05, 3.63) is 18.0 Å².